The molecule has 0 aliphatic heterocycles. The predicted molar refractivity (Wildman–Crippen MR) is 114 cm³/mol. The Morgan fingerprint density at radius 1 is 1.03 bits per heavy atom. The molecule has 0 saturated heterocycles. The molecule has 7 nitrogen and oxygen atoms in total. The van der Waals surface area contributed by atoms with Gasteiger partial charge in [-0.3, -0.25) is 0 Å². The lowest BCUT2D eigenvalue weighted by Crippen LogP contribution is -2.19. The van der Waals surface area contributed by atoms with Crippen LogP contribution in [0.3, 0.4) is 0 Å². The first-order valence-electron chi connectivity index (χ1n) is 9.02. The van der Waals surface area contributed by atoms with Crippen molar-refractivity contribution in [2.45, 2.75) is 6.92 Å². The van der Waals surface area contributed by atoms with E-state index in [0.717, 1.165) is 22.1 Å². The van der Waals surface area contributed by atoms with E-state index in [2.05, 4.69) is 15.8 Å². The molecule has 0 atom stereocenters. The first kappa shape index (κ1) is 18.4. The highest BCUT2D eigenvalue weighted by molar-refractivity contribution is 6.03. The lowest BCUT2D eigenvalue weighted by Gasteiger charge is -2.10. The Labute approximate surface area is 167 Å². The molecule has 2 amide bonds. The van der Waals surface area contributed by atoms with Gasteiger partial charge in [-0.2, -0.15) is 0 Å². The van der Waals surface area contributed by atoms with Crippen LogP contribution in [0.5, 0.6) is 5.75 Å². The number of hydrogen-bond acceptors (Lipinski definition) is 5. The van der Waals surface area contributed by atoms with Gasteiger partial charge >= 0.3 is 6.03 Å². The number of nitrogen functional groups attached to an aromatic ring is 1. The molecule has 0 fully saturated rings. The number of aryl methyl sites for hydroxylation is 1. The van der Waals surface area contributed by atoms with E-state index < -0.39 is 0 Å². The zero-order valence-electron chi connectivity index (χ0n) is 16.0. The van der Waals surface area contributed by atoms with Crippen molar-refractivity contribution in [3.05, 3.63) is 66.2 Å². The van der Waals surface area contributed by atoms with E-state index in [1.54, 1.807) is 19.2 Å². The summed E-state index contributed by atoms with van der Waals surface area (Å²) in [7, 11) is 1.58. The van der Waals surface area contributed by atoms with Crippen LogP contribution in [0.4, 0.5) is 22.0 Å². The highest BCUT2D eigenvalue weighted by Crippen LogP contribution is 2.34. The van der Waals surface area contributed by atoms with E-state index in [1.165, 1.54) is 0 Å². The Bertz CT molecular complexity index is 1180. The number of amides is 2. The van der Waals surface area contributed by atoms with Crippen LogP contribution in [-0.2, 0) is 0 Å². The van der Waals surface area contributed by atoms with E-state index in [1.807, 2.05) is 55.5 Å². The molecule has 3 aromatic carbocycles. The van der Waals surface area contributed by atoms with Crippen molar-refractivity contribution >= 4 is 34.2 Å². The zero-order chi connectivity index (χ0) is 20.4. The van der Waals surface area contributed by atoms with Crippen LogP contribution in [0.1, 0.15) is 5.56 Å². The fraction of sp³-hybridized carbons (Fsp3) is 0.0909. The first-order valence-corrected chi connectivity index (χ1v) is 9.02. The van der Waals surface area contributed by atoms with Crippen molar-refractivity contribution in [2.24, 2.45) is 0 Å². The predicted octanol–water partition coefficient (Wildman–Crippen LogP) is 5.04. The number of aromatic nitrogens is 1. The summed E-state index contributed by atoms with van der Waals surface area (Å²) in [6.45, 7) is 1.95. The fourth-order valence-electron chi connectivity index (χ4n) is 3.17. The molecule has 0 bridgehead atoms. The second kappa shape index (κ2) is 7.55. The van der Waals surface area contributed by atoms with Crippen LogP contribution in [0, 0.1) is 6.92 Å². The van der Waals surface area contributed by atoms with Crippen molar-refractivity contribution in [2.75, 3.05) is 23.5 Å². The van der Waals surface area contributed by atoms with E-state index in [0.29, 0.717) is 28.5 Å². The number of carbonyl (C=O) groups excluding carboxylic acids is 1. The molecule has 146 valence electrons. The number of rotatable bonds is 4. The smallest absolute Gasteiger partial charge is 0.323 e. The number of hydrogen-bond donors (Lipinski definition) is 3. The van der Waals surface area contributed by atoms with Crippen molar-refractivity contribution in [3.8, 4) is 16.9 Å². The lowest BCUT2D eigenvalue weighted by molar-refractivity contribution is 0.262. The summed E-state index contributed by atoms with van der Waals surface area (Å²) in [6, 6.07) is 18.3. The summed E-state index contributed by atoms with van der Waals surface area (Å²) >= 11 is 0. The van der Waals surface area contributed by atoms with Crippen LogP contribution in [0.2, 0.25) is 0 Å². The Kier molecular flexibility index (Phi) is 4.78. The normalized spacial score (nSPS) is 10.7. The van der Waals surface area contributed by atoms with E-state index in [9.17, 15) is 4.79 Å². The Morgan fingerprint density at radius 2 is 1.79 bits per heavy atom. The number of nitrogens with zero attached hydrogens (tertiary/aromatic N) is 1. The third-order valence-electron chi connectivity index (χ3n) is 4.63. The molecule has 0 radical (unpaired) electrons. The van der Waals surface area contributed by atoms with Crippen LogP contribution in [0.25, 0.3) is 22.1 Å². The highest BCUT2D eigenvalue weighted by Gasteiger charge is 2.14. The lowest BCUT2D eigenvalue weighted by atomic mass is 9.99. The summed E-state index contributed by atoms with van der Waals surface area (Å²) in [4.78, 5) is 12.3. The molecule has 1 heterocycles. The average molecular weight is 388 g/mol. The number of benzene rings is 3. The van der Waals surface area contributed by atoms with Crippen LogP contribution >= 0.6 is 0 Å². The van der Waals surface area contributed by atoms with Gasteiger partial charge in [-0.25, -0.2) is 4.79 Å². The molecular formula is C22H20N4O3. The minimum atomic E-state index is -0.341. The number of ether oxygens (including phenoxy) is 1. The number of carbonyl (C=O) groups is 1. The van der Waals surface area contributed by atoms with Gasteiger partial charge in [-0.15, -0.1) is 0 Å². The van der Waals surface area contributed by atoms with Gasteiger partial charge in [-0.1, -0.05) is 35.5 Å². The van der Waals surface area contributed by atoms with Crippen LogP contribution in [-0.4, -0.2) is 18.3 Å². The van der Waals surface area contributed by atoms with Crippen molar-refractivity contribution in [1.29, 1.82) is 0 Å². The molecule has 1 aromatic heterocycles. The van der Waals surface area contributed by atoms with Gasteiger partial charge in [0.2, 0.25) is 0 Å². The molecule has 29 heavy (non-hydrogen) atoms. The van der Waals surface area contributed by atoms with Crippen molar-refractivity contribution in [3.63, 3.8) is 0 Å². The number of methoxy groups -OCH3 is 1. The largest absolute Gasteiger partial charge is 0.497 e. The molecule has 0 aliphatic rings. The second-order valence-electron chi connectivity index (χ2n) is 6.59. The van der Waals surface area contributed by atoms with E-state index in [-0.39, 0.29) is 6.03 Å². The number of fused-ring (bicyclic) bond motifs is 1. The highest BCUT2D eigenvalue weighted by atomic mass is 16.5. The van der Waals surface area contributed by atoms with Gasteiger partial charge in [0.05, 0.1) is 12.5 Å². The number of anilines is 3. The van der Waals surface area contributed by atoms with Gasteiger partial charge in [-0.05, 0) is 47.9 Å². The first-order chi connectivity index (χ1) is 14.0. The number of urea groups is 1. The van der Waals surface area contributed by atoms with Gasteiger partial charge in [0, 0.05) is 17.4 Å². The maximum Gasteiger partial charge on any atom is 0.323 e. The quantitative estimate of drug-likeness (QED) is 0.455. The molecule has 4 N–H and O–H groups in total. The van der Waals surface area contributed by atoms with Crippen molar-refractivity contribution in [1.82, 2.24) is 5.16 Å². The van der Waals surface area contributed by atoms with E-state index >= 15 is 0 Å². The topological polar surface area (TPSA) is 102 Å². The monoisotopic (exact) mass is 388 g/mol. The Hall–Kier alpha value is -4.00. The average Bonchev–Trinajstić information content (AvgIpc) is 3.12. The molecule has 0 aliphatic carbocycles. The maximum absolute atomic E-state index is 12.3. The second-order valence-corrected chi connectivity index (χ2v) is 6.59. The molecular weight excluding hydrogens is 368 g/mol. The minimum Gasteiger partial charge on any atom is -0.497 e. The van der Waals surface area contributed by atoms with E-state index in [4.69, 9.17) is 15.0 Å². The van der Waals surface area contributed by atoms with Crippen LogP contribution in [0.15, 0.2) is 65.2 Å². The molecule has 0 spiro atoms. The fourth-order valence-corrected chi connectivity index (χ4v) is 3.17. The maximum atomic E-state index is 12.3. The molecule has 7 heteroatoms. The summed E-state index contributed by atoms with van der Waals surface area (Å²) in [6.07, 6.45) is 0. The Morgan fingerprint density at radius 3 is 2.55 bits per heavy atom. The number of nitrogens with two attached hydrogens (primary N) is 1. The summed E-state index contributed by atoms with van der Waals surface area (Å²) < 4.78 is 10.5. The summed E-state index contributed by atoms with van der Waals surface area (Å²) in [5.41, 5.74) is 10.8. The van der Waals surface area contributed by atoms with Crippen molar-refractivity contribution < 1.29 is 14.1 Å². The van der Waals surface area contributed by atoms with Gasteiger partial charge in [0.15, 0.2) is 11.4 Å². The standard InChI is InChI=1S/C22H20N4O3/c1-13-6-11-18(19-20(13)29-26-21(19)23)14-7-9-15(10-8-14)24-22(27)25-16-4-3-5-17(12-16)28-2/h3-12H,1-2H3,(H2,23,26)(H2,24,25,27). The summed E-state index contributed by atoms with van der Waals surface area (Å²) in [5, 5.41) is 10.3. The van der Waals surface area contributed by atoms with Gasteiger partial charge in [0.1, 0.15) is 5.75 Å². The molecule has 0 saturated carbocycles. The minimum absolute atomic E-state index is 0.341. The zero-order valence-corrected chi connectivity index (χ0v) is 16.0. The number of nitrogens with one attached hydrogen (secondary N) is 2. The third-order valence-corrected chi connectivity index (χ3v) is 4.63. The Balaban J connectivity index is 1.52. The van der Waals surface area contributed by atoms with Gasteiger partial charge < -0.3 is 25.6 Å². The third kappa shape index (κ3) is 3.70. The molecule has 4 rings (SSSR count). The molecule has 4 aromatic rings. The van der Waals surface area contributed by atoms with Gasteiger partial charge in [0.25, 0.3) is 0 Å². The van der Waals surface area contributed by atoms with Crippen LogP contribution < -0.4 is 21.1 Å². The summed E-state index contributed by atoms with van der Waals surface area (Å²) in [5.74, 6) is 1.03. The molecule has 0 unspecified atom stereocenters. The SMILES string of the molecule is COc1cccc(NC(=O)Nc2ccc(-c3ccc(C)c4onc(N)c34)cc2)c1.